The molecule has 0 fully saturated rings. The third-order valence-corrected chi connectivity index (χ3v) is 12.9. The van der Waals surface area contributed by atoms with Crippen LogP contribution in [0.5, 0.6) is 0 Å². The van der Waals surface area contributed by atoms with Crippen LogP contribution in [0.2, 0.25) is 0 Å². The highest BCUT2D eigenvalue weighted by atomic mass is 15.1. The third-order valence-electron chi connectivity index (χ3n) is 12.9. The Bertz CT molecular complexity index is 3140. The van der Waals surface area contributed by atoms with E-state index in [1.54, 1.807) is 0 Å². The number of benzene rings is 10. The Balaban J connectivity index is 1.17. The third kappa shape index (κ3) is 5.13. The zero-order chi connectivity index (χ0) is 39.6. The van der Waals surface area contributed by atoms with Gasteiger partial charge in [-0.05, 0) is 125 Å². The summed E-state index contributed by atoms with van der Waals surface area (Å²) in [6, 6.07) is 87.3. The highest BCUT2D eigenvalue weighted by Gasteiger charge is 2.53. The van der Waals surface area contributed by atoms with Crippen LogP contribution in [0.1, 0.15) is 22.3 Å². The van der Waals surface area contributed by atoms with Gasteiger partial charge in [-0.2, -0.15) is 0 Å². The van der Waals surface area contributed by atoms with E-state index in [2.05, 4.69) is 241 Å². The molecule has 1 heteroatoms. The Labute approximate surface area is 351 Å². The lowest BCUT2D eigenvalue weighted by atomic mass is 9.69. The Morgan fingerprint density at radius 1 is 0.283 bits per heavy atom. The van der Waals surface area contributed by atoms with Gasteiger partial charge in [0.1, 0.15) is 0 Å². The van der Waals surface area contributed by atoms with Crippen molar-refractivity contribution in [1.82, 2.24) is 0 Å². The number of anilines is 3. The Morgan fingerprint density at radius 2 is 0.767 bits per heavy atom. The van der Waals surface area contributed by atoms with Crippen molar-refractivity contribution in [2.45, 2.75) is 5.41 Å². The predicted molar refractivity (Wildman–Crippen MR) is 251 cm³/mol. The van der Waals surface area contributed by atoms with E-state index in [4.69, 9.17) is 0 Å². The second kappa shape index (κ2) is 13.7. The van der Waals surface area contributed by atoms with Crippen molar-refractivity contribution in [3.63, 3.8) is 0 Å². The molecule has 0 amide bonds. The summed E-state index contributed by atoms with van der Waals surface area (Å²) in [6.07, 6.45) is 0. The van der Waals surface area contributed by atoms with E-state index in [1.165, 1.54) is 88.7 Å². The van der Waals surface area contributed by atoms with Gasteiger partial charge in [0.25, 0.3) is 0 Å². The number of fused-ring (bicyclic) bond motifs is 12. The molecule has 0 saturated carbocycles. The van der Waals surface area contributed by atoms with Gasteiger partial charge in [0.2, 0.25) is 0 Å². The number of hydrogen-bond acceptors (Lipinski definition) is 1. The molecular formula is C59H39N. The van der Waals surface area contributed by atoms with E-state index in [0.717, 1.165) is 17.1 Å². The van der Waals surface area contributed by atoms with Gasteiger partial charge in [0.15, 0.2) is 0 Å². The van der Waals surface area contributed by atoms with Crippen molar-refractivity contribution in [2.24, 2.45) is 0 Å². The molecule has 1 unspecified atom stereocenters. The minimum absolute atomic E-state index is 0.543. The highest BCUT2D eigenvalue weighted by Crippen LogP contribution is 2.66. The van der Waals surface area contributed by atoms with Crippen LogP contribution in [-0.4, -0.2) is 0 Å². The summed E-state index contributed by atoms with van der Waals surface area (Å²) in [5.74, 6) is 0. The van der Waals surface area contributed by atoms with E-state index in [9.17, 15) is 0 Å². The van der Waals surface area contributed by atoms with Gasteiger partial charge in [-0.25, -0.2) is 0 Å². The van der Waals surface area contributed by atoms with E-state index < -0.39 is 5.41 Å². The van der Waals surface area contributed by atoms with Crippen molar-refractivity contribution < 1.29 is 0 Å². The second-order valence-electron chi connectivity index (χ2n) is 16.0. The van der Waals surface area contributed by atoms with E-state index in [1.807, 2.05) is 0 Å². The quantitative estimate of drug-likeness (QED) is 0.163. The molecule has 1 spiro atoms. The summed E-state index contributed by atoms with van der Waals surface area (Å²) >= 11 is 0. The first-order valence-corrected chi connectivity index (χ1v) is 20.8. The molecule has 60 heavy (non-hydrogen) atoms. The molecular weight excluding hydrogens is 723 g/mol. The average molecular weight is 762 g/mol. The molecule has 1 atom stereocenters. The molecule has 0 aromatic heterocycles. The van der Waals surface area contributed by atoms with Gasteiger partial charge < -0.3 is 4.90 Å². The SMILES string of the molecule is c1ccc(-c2ccc(N(c3ccc(-c4ccccc4)cc3)c3cc(-c4ccccc4)c4c(c3)C3(c5ccccc5-c5ccc6ccccc6c53)c3ccccc3-4)cc2)cc1. The van der Waals surface area contributed by atoms with Crippen molar-refractivity contribution in [3.05, 3.63) is 259 Å². The first-order valence-electron chi connectivity index (χ1n) is 20.8. The summed E-state index contributed by atoms with van der Waals surface area (Å²) in [5.41, 5.74) is 20.6. The number of nitrogens with zero attached hydrogens (tertiary/aromatic N) is 1. The van der Waals surface area contributed by atoms with Crippen LogP contribution in [0.15, 0.2) is 237 Å². The summed E-state index contributed by atoms with van der Waals surface area (Å²) in [6.45, 7) is 0. The second-order valence-corrected chi connectivity index (χ2v) is 16.0. The summed E-state index contributed by atoms with van der Waals surface area (Å²) in [4.78, 5) is 2.46. The number of hydrogen-bond donors (Lipinski definition) is 0. The summed E-state index contributed by atoms with van der Waals surface area (Å²) in [5, 5.41) is 2.55. The number of rotatable bonds is 6. The van der Waals surface area contributed by atoms with Crippen LogP contribution in [0.4, 0.5) is 17.1 Å². The topological polar surface area (TPSA) is 3.24 Å². The monoisotopic (exact) mass is 761 g/mol. The van der Waals surface area contributed by atoms with Crippen molar-refractivity contribution >= 4 is 27.8 Å². The zero-order valence-corrected chi connectivity index (χ0v) is 33.0. The van der Waals surface area contributed by atoms with Gasteiger partial charge >= 0.3 is 0 Å². The lowest BCUT2D eigenvalue weighted by molar-refractivity contribution is 0.801. The van der Waals surface area contributed by atoms with Crippen LogP contribution >= 0.6 is 0 Å². The van der Waals surface area contributed by atoms with Crippen LogP contribution in [0.25, 0.3) is 66.4 Å². The highest BCUT2D eigenvalue weighted by molar-refractivity contribution is 6.06. The molecule has 10 aromatic rings. The lowest BCUT2D eigenvalue weighted by Crippen LogP contribution is -2.26. The van der Waals surface area contributed by atoms with Crippen LogP contribution in [0, 0.1) is 0 Å². The molecule has 0 N–H and O–H groups in total. The van der Waals surface area contributed by atoms with E-state index in [-0.39, 0.29) is 0 Å². The van der Waals surface area contributed by atoms with Crippen molar-refractivity contribution in [3.8, 4) is 55.6 Å². The van der Waals surface area contributed by atoms with Gasteiger partial charge in [0.05, 0.1) is 5.41 Å². The molecule has 2 aliphatic carbocycles. The minimum Gasteiger partial charge on any atom is -0.310 e. The fraction of sp³-hybridized carbons (Fsp3) is 0.0169. The van der Waals surface area contributed by atoms with E-state index in [0.29, 0.717) is 0 Å². The lowest BCUT2D eigenvalue weighted by Gasteiger charge is -2.33. The molecule has 0 radical (unpaired) electrons. The maximum atomic E-state index is 2.52. The molecule has 0 saturated heterocycles. The molecule has 12 rings (SSSR count). The molecule has 280 valence electrons. The predicted octanol–water partition coefficient (Wildman–Crippen LogP) is 15.7. The first kappa shape index (κ1) is 34.3. The van der Waals surface area contributed by atoms with Gasteiger partial charge in [-0.1, -0.05) is 200 Å². The molecule has 0 aliphatic heterocycles. The fourth-order valence-electron chi connectivity index (χ4n) is 10.3. The molecule has 0 heterocycles. The Kier molecular flexibility index (Phi) is 7.83. The van der Waals surface area contributed by atoms with Crippen molar-refractivity contribution in [1.29, 1.82) is 0 Å². The molecule has 0 bridgehead atoms. The smallest absolute Gasteiger partial charge is 0.0732 e. The maximum Gasteiger partial charge on any atom is 0.0732 e. The summed E-state index contributed by atoms with van der Waals surface area (Å²) < 4.78 is 0. The average Bonchev–Trinajstić information content (AvgIpc) is 3.80. The maximum absolute atomic E-state index is 2.52. The van der Waals surface area contributed by atoms with Crippen LogP contribution in [0.3, 0.4) is 0 Å². The zero-order valence-electron chi connectivity index (χ0n) is 33.0. The van der Waals surface area contributed by atoms with Gasteiger partial charge in [-0.3, -0.25) is 0 Å². The van der Waals surface area contributed by atoms with E-state index >= 15 is 0 Å². The van der Waals surface area contributed by atoms with Crippen LogP contribution < -0.4 is 4.90 Å². The summed E-state index contributed by atoms with van der Waals surface area (Å²) in [7, 11) is 0. The Hall–Kier alpha value is -7.74. The molecule has 10 aromatic carbocycles. The van der Waals surface area contributed by atoms with Crippen molar-refractivity contribution in [2.75, 3.05) is 4.90 Å². The normalized spacial score (nSPS) is 14.4. The first-order chi connectivity index (χ1) is 29.8. The molecule has 1 nitrogen and oxygen atoms in total. The van der Waals surface area contributed by atoms with Gasteiger partial charge in [0, 0.05) is 17.1 Å². The molecule has 2 aliphatic rings. The van der Waals surface area contributed by atoms with Crippen LogP contribution in [-0.2, 0) is 5.41 Å². The fourth-order valence-corrected chi connectivity index (χ4v) is 10.3. The largest absolute Gasteiger partial charge is 0.310 e. The minimum atomic E-state index is -0.543. The Morgan fingerprint density at radius 3 is 1.38 bits per heavy atom. The standard InChI is InChI=1S/C59H39N/c1-4-16-40(17-5-1)42-28-33-46(34-29-42)60(47-35-30-43(31-36-47)41-18-6-2-7-19-41)48-38-53(44-20-8-3-9-21-44)57-52-25-13-15-27-55(52)59(56(57)39-48)54-26-14-12-24-50(54)51-37-32-45-22-10-11-23-49(45)58(51)59/h1-39H. The van der Waals surface area contributed by atoms with Gasteiger partial charge in [-0.15, -0.1) is 0 Å².